The van der Waals surface area contributed by atoms with E-state index in [2.05, 4.69) is 15.9 Å². The number of carbonyl (C=O) groups excluding carboxylic acids is 1. The van der Waals surface area contributed by atoms with Crippen LogP contribution in [0.15, 0.2) is 59.1 Å². The predicted molar refractivity (Wildman–Crippen MR) is 95.1 cm³/mol. The Morgan fingerprint density at radius 3 is 2.50 bits per heavy atom. The first-order valence-electron chi connectivity index (χ1n) is 8.16. The van der Waals surface area contributed by atoms with Crippen LogP contribution in [0.1, 0.15) is 11.1 Å². The van der Waals surface area contributed by atoms with Gasteiger partial charge in [0.1, 0.15) is 0 Å². The fraction of sp³-hybridized carbons (Fsp3) is 0.263. The number of rotatable bonds is 4. The van der Waals surface area contributed by atoms with E-state index in [0.29, 0.717) is 12.1 Å². The number of halogens is 1. The summed E-state index contributed by atoms with van der Waals surface area (Å²) in [5.74, 6) is -2.84. The Morgan fingerprint density at radius 1 is 1.15 bits per heavy atom. The van der Waals surface area contributed by atoms with Crippen molar-refractivity contribution in [3.05, 3.63) is 70.2 Å². The second-order valence-electron chi connectivity index (χ2n) is 6.35. The van der Waals surface area contributed by atoms with E-state index in [1.807, 2.05) is 54.6 Å². The van der Waals surface area contributed by atoms with Crippen LogP contribution in [-0.4, -0.2) is 40.6 Å². The number of carboxylic acids is 1. The zero-order chi connectivity index (χ0) is 18.3. The Balaban J connectivity index is 1.68. The van der Waals surface area contributed by atoms with E-state index in [1.54, 1.807) is 4.90 Å². The van der Waals surface area contributed by atoms with E-state index in [1.165, 1.54) is 0 Å². The normalized spacial score (nSPS) is 27.6. The lowest BCUT2D eigenvalue weighted by atomic mass is 10.0. The second kappa shape index (κ2) is 6.50. The van der Waals surface area contributed by atoms with E-state index in [4.69, 9.17) is 9.47 Å². The molecule has 1 amide bonds. The van der Waals surface area contributed by atoms with Gasteiger partial charge in [-0.15, -0.1) is 0 Å². The molecule has 6 nitrogen and oxygen atoms in total. The Kier molecular flexibility index (Phi) is 4.30. The SMILES string of the molecule is O=C(O)C1OC2(c3ccccc3)CN(Cc3ccc(Br)cc3)C(=O)C1O2. The molecule has 0 saturated carbocycles. The van der Waals surface area contributed by atoms with E-state index < -0.39 is 24.0 Å². The number of carbonyl (C=O) groups is 2. The van der Waals surface area contributed by atoms with Gasteiger partial charge < -0.3 is 19.5 Å². The van der Waals surface area contributed by atoms with Crippen LogP contribution in [0.2, 0.25) is 0 Å². The number of aliphatic carboxylic acids is 1. The molecule has 26 heavy (non-hydrogen) atoms. The Labute approximate surface area is 158 Å². The van der Waals surface area contributed by atoms with Crippen LogP contribution in [0.3, 0.4) is 0 Å². The summed E-state index contributed by atoms with van der Waals surface area (Å²) in [4.78, 5) is 26.0. The van der Waals surface area contributed by atoms with Gasteiger partial charge in [-0.3, -0.25) is 4.79 Å². The minimum Gasteiger partial charge on any atom is -0.479 e. The molecule has 4 rings (SSSR count). The minimum atomic E-state index is -1.32. The first-order valence-corrected chi connectivity index (χ1v) is 8.95. The Bertz CT molecular complexity index is 841. The highest BCUT2D eigenvalue weighted by Crippen LogP contribution is 2.43. The summed E-state index contributed by atoms with van der Waals surface area (Å²) in [5, 5.41) is 9.47. The highest BCUT2D eigenvalue weighted by molar-refractivity contribution is 9.10. The van der Waals surface area contributed by atoms with Crippen LogP contribution in [0, 0.1) is 0 Å². The lowest BCUT2D eigenvalue weighted by molar-refractivity contribution is -0.219. The van der Waals surface area contributed by atoms with Crippen molar-refractivity contribution < 1.29 is 24.2 Å². The van der Waals surface area contributed by atoms with Crippen LogP contribution in [0.4, 0.5) is 0 Å². The Morgan fingerprint density at radius 2 is 1.85 bits per heavy atom. The fourth-order valence-electron chi connectivity index (χ4n) is 3.37. The number of hydrogen-bond acceptors (Lipinski definition) is 4. The second-order valence-corrected chi connectivity index (χ2v) is 7.27. The molecule has 2 aliphatic rings. The van der Waals surface area contributed by atoms with Crippen molar-refractivity contribution in [2.75, 3.05) is 6.54 Å². The number of nitrogens with zero attached hydrogens (tertiary/aromatic N) is 1. The molecule has 2 heterocycles. The quantitative estimate of drug-likeness (QED) is 0.826. The molecule has 0 spiro atoms. The van der Waals surface area contributed by atoms with Crippen LogP contribution in [0.25, 0.3) is 0 Å². The monoisotopic (exact) mass is 417 g/mol. The molecule has 3 atom stereocenters. The number of morpholine rings is 1. The molecule has 7 heteroatoms. The summed E-state index contributed by atoms with van der Waals surface area (Å²) in [6.45, 7) is 0.489. The first kappa shape index (κ1) is 17.2. The third-order valence-corrected chi connectivity index (χ3v) is 5.14. The topological polar surface area (TPSA) is 76.1 Å². The van der Waals surface area contributed by atoms with E-state index >= 15 is 0 Å². The summed E-state index contributed by atoms with van der Waals surface area (Å²) in [5.41, 5.74) is 1.64. The van der Waals surface area contributed by atoms with Crippen molar-refractivity contribution in [2.45, 2.75) is 24.5 Å². The lowest BCUT2D eigenvalue weighted by Crippen LogP contribution is -2.53. The number of fused-ring (bicyclic) bond motifs is 2. The van der Waals surface area contributed by atoms with Gasteiger partial charge in [-0.1, -0.05) is 58.4 Å². The number of hydrogen-bond donors (Lipinski definition) is 1. The summed E-state index contributed by atoms with van der Waals surface area (Å²) in [6, 6.07) is 16.8. The molecule has 0 aliphatic carbocycles. The standard InChI is InChI=1S/C19H16BrNO5/c20-14-8-6-12(7-9-14)10-21-11-19(13-4-2-1-3-5-13)25-15(17(21)22)16(26-19)18(23)24/h1-9,15-16H,10-11H2,(H,23,24). The van der Waals surface area contributed by atoms with E-state index in [0.717, 1.165) is 10.0 Å². The van der Waals surface area contributed by atoms with Crippen molar-refractivity contribution in [2.24, 2.45) is 0 Å². The number of benzene rings is 2. The maximum atomic E-state index is 12.8. The van der Waals surface area contributed by atoms with E-state index in [9.17, 15) is 14.7 Å². The van der Waals surface area contributed by atoms with Gasteiger partial charge in [0.2, 0.25) is 5.79 Å². The zero-order valence-electron chi connectivity index (χ0n) is 13.7. The van der Waals surface area contributed by atoms with E-state index in [-0.39, 0.29) is 12.5 Å². The van der Waals surface area contributed by atoms with Gasteiger partial charge in [0.05, 0.1) is 6.54 Å². The number of carboxylic acid groups (broad SMARTS) is 1. The highest BCUT2D eigenvalue weighted by atomic mass is 79.9. The van der Waals surface area contributed by atoms with Gasteiger partial charge in [0.15, 0.2) is 12.2 Å². The molecular weight excluding hydrogens is 402 g/mol. The van der Waals surface area contributed by atoms with Crippen LogP contribution >= 0.6 is 15.9 Å². The number of amides is 1. The molecule has 0 aromatic heterocycles. The van der Waals surface area contributed by atoms with Crippen molar-refractivity contribution in [1.29, 1.82) is 0 Å². The molecule has 2 bridgehead atoms. The molecule has 1 N–H and O–H groups in total. The molecule has 2 aromatic rings. The van der Waals surface area contributed by atoms with Crippen molar-refractivity contribution >= 4 is 27.8 Å². The molecule has 2 aliphatic heterocycles. The van der Waals surface area contributed by atoms with Gasteiger partial charge in [0, 0.05) is 16.6 Å². The molecular formula is C19H16BrNO5. The van der Waals surface area contributed by atoms with Gasteiger partial charge >= 0.3 is 5.97 Å². The molecule has 0 radical (unpaired) electrons. The zero-order valence-corrected chi connectivity index (χ0v) is 15.3. The molecule has 2 aromatic carbocycles. The summed E-state index contributed by atoms with van der Waals surface area (Å²) < 4.78 is 12.6. The largest absolute Gasteiger partial charge is 0.479 e. The molecule has 3 unspecified atom stereocenters. The number of ether oxygens (including phenoxy) is 2. The Hall–Kier alpha value is -2.22. The maximum Gasteiger partial charge on any atom is 0.336 e. The average molecular weight is 418 g/mol. The van der Waals surface area contributed by atoms with Crippen LogP contribution in [0.5, 0.6) is 0 Å². The average Bonchev–Trinajstić information content (AvgIpc) is 2.99. The fourth-order valence-corrected chi connectivity index (χ4v) is 3.63. The van der Waals surface area contributed by atoms with Gasteiger partial charge in [-0.25, -0.2) is 4.79 Å². The molecule has 2 saturated heterocycles. The van der Waals surface area contributed by atoms with Crippen molar-refractivity contribution in [3.63, 3.8) is 0 Å². The smallest absolute Gasteiger partial charge is 0.336 e. The third-order valence-electron chi connectivity index (χ3n) is 4.61. The summed E-state index contributed by atoms with van der Waals surface area (Å²) in [6.07, 6.45) is -2.48. The summed E-state index contributed by atoms with van der Waals surface area (Å²) in [7, 11) is 0. The maximum absolute atomic E-state index is 12.8. The van der Waals surface area contributed by atoms with Gasteiger partial charge in [0.25, 0.3) is 5.91 Å². The van der Waals surface area contributed by atoms with Gasteiger partial charge in [-0.05, 0) is 17.7 Å². The highest BCUT2D eigenvalue weighted by Gasteiger charge is 2.60. The van der Waals surface area contributed by atoms with Crippen molar-refractivity contribution in [3.8, 4) is 0 Å². The molecule has 2 fully saturated rings. The third kappa shape index (κ3) is 2.92. The first-order chi connectivity index (χ1) is 12.5. The van der Waals surface area contributed by atoms with Crippen LogP contribution in [-0.2, 0) is 31.4 Å². The van der Waals surface area contributed by atoms with Crippen molar-refractivity contribution in [1.82, 2.24) is 4.90 Å². The minimum absolute atomic E-state index is 0.131. The van der Waals surface area contributed by atoms with Gasteiger partial charge in [-0.2, -0.15) is 0 Å². The van der Waals surface area contributed by atoms with Crippen LogP contribution < -0.4 is 0 Å². The predicted octanol–water partition coefficient (Wildman–Crippen LogP) is 2.51. The summed E-state index contributed by atoms with van der Waals surface area (Å²) >= 11 is 3.39. The lowest BCUT2D eigenvalue weighted by Gasteiger charge is -2.38. The molecule has 134 valence electrons.